The van der Waals surface area contributed by atoms with Crippen LogP contribution in [0.15, 0.2) is 199 Å². The van der Waals surface area contributed by atoms with E-state index < -0.39 is 23.6 Å². The molecule has 0 aliphatic carbocycles. The Morgan fingerprint density at radius 2 is 0.955 bits per heavy atom. The number of pyridine rings is 3. The molecule has 0 saturated carbocycles. The van der Waals surface area contributed by atoms with Crippen molar-refractivity contribution in [3.63, 3.8) is 0 Å². The first kappa shape index (κ1) is 37.8. The van der Waals surface area contributed by atoms with E-state index in [0.29, 0.717) is 46.4 Å². The zero-order chi connectivity index (χ0) is 48.8. The molecule has 6 aromatic carbocycles. The van der Waals surface area contributed by atoms with Gasteiger partial charge in [0.15, 0.2) is 0 Å². The van der Waals surface area contributed by atoms with Crippen LogP contribution in [0, 0.1) is 5.82 Å². The molecule has 0 bridgehead atoms. The number of fused-ring (bicyclic) bond motifs is 3. The van der Waals surface area contributed by atoms with E-state index in [4.69, 9.17) is 19.4 Å². The van der Waals surface area contributed by atoms with Crippen molar-refractivity contribution in [2.45, 2.75) is 64.1 Å². The number of hydrogen-bond donors (Lipinski definition) is 0. The Kier molecular flexibility index (Phi) is 10.2. The van der Waals surface area contributed by atoms with Gasteiger partial charge < -0.3 is 4.42 Å². The number of nitrogens with zero attached hydrogens (tertiary/aromatic N) is 3. The van der Waals surface area contributed by atoms with Gasteiger partial charge in [0.2, 0.25) is 0 Å². The first-order valence-corrected chi connectivity index (χ1v) is 22.4. The van der Waals surface area contributed by atoms with E-state index in [-0.39, 0.29) is 16.9 Å². The summed E-state index contributed by atoms with van der Waals surface area (Å²) < 4.78 is 60.4. The van der Waals surface area contributed by atoms with E-state index in [2.05, 4.69) is 45.9 Å². The summed E-state index contributed by atoms with van der Waals surface area (Å²) in [4.78, 5) is 14.4. The third-order valence-corrected chi connectivity index (χ3v) is 12.6. The smallest absolute Gasteiger partial charge is 0.146 e. The lowest BCUT2D eigenvalue weighted by molar-refractivity contribution is 0.512. The third kappa shape index (κ3) is 8.82. The zero-order valence-electron chi connectivity index (χ0n) is 41.5. The zero-order valence-corrected chi connectivity index (χ0v) is 37.5. The second kappa shape index (κ2) is 17.8. The molecular weight excluding hydrogens is 810 g/mol. The molecule has 66 heavy (non-hydrogen) atoms. The Morgan fingerprint density at radius 1 is 0.455 bits per heavy atom. The Balaban J connectivity index is 0.989. The van der Waals surface area contributed by atoms with Crippen molar-refractivity contribution >= 4 is 21.9 Å². The largest absolute Gasteiger partial charge is 0.455 e. The first-order chi connectivity index (χ1) is 33.6. The molecule has 0 fully saturated rings. The van der Waals surface area contributed by atoms with Gasteiger partial charge in [-0.25, -0.2) is 4.39 Å². The summed E-state index contributed by atoms with van der Waals surface area (Å²) in [6.45, 7) is 8.65. The Hall–Kier alpha value is -7.50. The highest BCUT2D eigenvalue weighted by Crippen LogP contribution is 2.41. The minimum Gasteiger partial charge on any atom is -0.455 e. The lowest BCUT2D eigenvalue weighted by atomic mass is 9.77. The van der Waals surface area contributed by atoms with Crippen molar-refractivity contribution in [2.24, 2.45) is 0 Å². The molecule has 4 heterocycles. The van der Waals surface area contributed by atoms with Gasteiger partial charge in [-0.1, -0.05) is 167 Å². The quantitative estimate of drug-likeness (QED) is 0.116. The number of aromatic nitrogens is 3. The second-order valence-corrected chi connectivity index (χ2v) is 18.4. The number of rotatable bonds is 13. The van der Waals surface area contributed by atoms with Crippen molar-refractivity contribution in [3.05, 3.63) is 234 Å². The van der Waals surface area contributed by atoms with Crippen LogP contribution in [0.3, 0.4) is 0 Å². The standard InChI is InChI=1S/C61H52FN3O/c1-60(2,48-26-31-54(64-39-48)45-15-8-5-9-16-45)36-43-33-42(34-44(35-43)37-61(3,4)49-27-32-55(65-40-49)46-17-10-6-11-18-46)24-23-41-25-30-56(63-38-41)52-22-14-21-50-51-28-29-53(62)57(59(51)66-58(50)52)47-19-12-7-13-20-47/h5-22,25-35,38-40H,23-24,36-37H2,1-4H3/i23D2,24D2. The van der Waals surface area contributed by atoms with Gasteiger partial charge in [-0.2, -0.15) is 0 Å². The van der Waals surface area contributed by atoms with Crippen LogP contribution in [-0.4, -0.2) is 15.0 Å². The number of halogens is 1. The van der Waals surface area contributed by atoms with Gasteiger partial charge in [-0.3, -0.25) is 15.0 Å². The topological polar surface area (TPSA) is 51.8 Å². The van der Waals surface area contributed by atoms with Gasteiger partial charge in [0.05, 0.1) is 22.6 Å². The molecule has 324 valence electrons. The van der Waals surface area contributed by atoms with Crippen LogP contribution in [0.5, 0.6) is 0 Å². The van der Waals surface area contributed by atoms with Gasteiger partial charge in [0.1, 0.15) is 17.0 Å². The maximum absolute atomic E-state index is 15.4. The minimum atomic E-state index is -2.51. The Bertz CT molecular complexity index is 3350. The Labute approximate surface area is 392 Å². The van der Waals surface area contributed by atoms with Gasteiger partial charge >= 0.3 is 0 Å². The molecule has 0 amide bonds. The molecule has 5 heteroatoms. The summed E-state index contributed by atoms with van der Waals surface area (Å²) in [5, 5.41) is 1.56. The number of hydrogen-bond acceptors (Lipinski definition) is 4. The van der Waals surface area contributed by atoms with Gasteiger partial charge in [-0.15, -0.1) is 0 Å². The molecule has 10 aromatic rings. The van der Waals surface area contributed by atoms with Crippen LogP contribution in [0.1, 0.15) is 66.6 Å². The van der Waals surface area contributed by atoms with Gasteiger partial charge in [0.25, 0.3) is 0 Å². The summed E-state index contributed by atoms with van der Waals surface area (Å²) in [6, 6.07) is 55.7. The summed E-state index contributed by atoms with van der Waals surface area (Å²) in [6.07, 6.45) is 1.36. The van der Waals surface area contributed by atoms with Crippen molar-refractivity contribution < 1.29 is 14.3 Å². The lowest BCUT2D eigenvalue weighted by Crippen LogP contribution is -2.23. The van der Waals surface area contributed by atoms with E-state index in [9.17, 15) is 5.48 Å². The van der Waals surface area contributed by atoms with Crippen molar-refractivity contribution in [1.82, 2.24) is 15.0 Å². The normalized spacial score (nSPS) is 13.3. The maximum atomic E-state index is 15.4. The van der Waals surface area contributed by atoms with Crippen molar-refractivity contribution in [2.75, 3.05) is 0 Å². The van der Waals surface area contributed by atoms with Gasteiger partial charge in [-0.05, 0) is 112 Å². The van der Waals surface area contributed by atoms with Crippen molar-refractivity contribution in [1.29, 1.82) is 0 Å². The van der Waals surface area contributed by atoms with E-state index in [1.165, 1.54) is 12.3 Å². The predicted octanol–water partition coefficient (Wildman–Crippen LogP) is 15.4. The molecule has 4 aromatic heterocycles. The lowest BCUT2D eigenvalue weighted by Gasteiger charge is -2.28. The molecule has 0 aliphatic rings. The highest BCUT2D eigenvalue weighted by molar-refractivity contribution is 6.12. The van der Waals surface area contributed by atoms with E-state index in [0.717, 1.165) is 55.5 Å². The monoisotopic (exact) mass is 865 g/mol. The van der Waals surface area contributed by atoms with Crippen LogP contribution in [0.4, 0.5) is 4.39 Å². The van der Waals surface area contributed by atoms with Crippen LogP contribution < -0.4 is 0 Å². The molecular formula is C61H52FN3O. The van der Waals surface area contributed by atoms with Crippen LogP contribution in [0.25, 0.3) is 66.8 Å². The molecule has 0 atom stereocenters. The molecule has 0 radical (unpaired) electrons. The van der Waals surface area contributed by atoms with Gasteiger partial charge in [0, 0.05) is 51.5 Å². The molecule has 0 N–H and O–H groups in total. The first-order valence-electron chi connectivity index (χ1n) is 24.4. The predicted molar refractivity (Wildman–Crippen MR) is 269 cm³/mol. The average Bonchev–Trinajstić information content (AvgIpc) is 3.75. The highest BCUT2D eigenvalue weighted by Gasteiger charge is 2.26. The number of benzene rings is 6. The van der Waals surface area contributed by atoms with Crippen LogP contribution >= 0.6 is 0 Å². The molecule has 0 unspecified atom stereocenters. The number of para-hydroxylation sites is 1. The summed E-state index contributed by atoms with van der Waals surface area (Å²) in [7, 11) is 0. The fourth-order valence-corrected chi connectivity index (χ4v) is 9.10. The molecule has 10 rings (SSSR count). The maximum Gasteiger partial charge on any atom is 0.146 e. The minimum absolute atomic E-state index is 0.0910. The average molecular weight is 866 g/mol. The summed E-state index contributed by atoms with van der Waals surface area (Å²) >= 11 is 0. The van der Waals surface area contributed by atoms with E-state index in [1.54, 1.807) is 18.2 Å². The molecule has 0 saturated heterocycles. The van der Waals surface area contributed by atoms with E-state index >= 15 is 4.39 Å². The number of aryl methyl sites for hydroxylation is 2. The fraction of sp³-hybridized carbons (Fsp3) is 0.164. The molecule has 4 nitrogen and oxygen atoms in total. The summed E-state index contributed by atoms with van der Waals surface area (Å²) in [5.41, 5.74) is 10.4. The Morgan fingerprint density at radius 3 is 1.48 bits per heavy atom. The SMILES string of the molecule is [2H]C([2H])(c1ccc(-c2cccc3c2oc2c(-c4ccccc4)c(F)ccc23)nc1)C([2H])([2H])c1cc(CC(C)(C)c2ccc(-c3ccccc3)nc2)cc(CC(C)(C)c2ccc(-c3ccccc3)nc2)c1. The fourth-order valence-electron chi connectivity index (χ4n) is 9.10. The van der Waals surface area contributed by atoms with Crippen LogP contribution in [0.2, 0.25) is 0 Å². The highest BCUT2D eigenvalue weighted by atomic mass is 19.1. The molecule has 0 spiro atoms. The second-order valence-electron chi connectivity index (χ2n) is 18.4. The summed E-state index contributed by atoms with van der Waals surface area (Å²) in [5.74, 6) is -0.388. The number of furan rings is 1. The third-order valence-electron chi connectivity index (χ3n) is 12.6. The molecule has 0 aliphatic heterocycles. The van der Waals surface area contributed by atoms with E-state index in [1.807, 2.05) is 146 Å². The van der Waals surface area contributed by atoms with Crippen molar-refractivity contribution in [3.8, 4) is 44.9 Å². The van der Waals surface area contributed by atoms with Crippen LogP contribution in [-0.2, 0) is 36.4 Å².